The number of halogens is 3. The van der Waals surface area contributed by atoms with Gasteiger partial charge in [0.05, 0.1) is 17.8 Å². The van der Waals surface area contributed by atoms with Crippen LogP contribution in [0.3, 0.4) is 0 Å². The predicted molar refractivity (Wildman–Crippen MR) is 98.2 cm³/mol. The van der Waals surface area contributed by atoms with Gasteiger partial charge in [-0.3, -0.25) is 9.78 Å². The molecule has 1 unspecified atom stereocenters. The average Bonchev–Trinajstić information content (AvgIpc) is 2.89. The van der Waals surface area contributed by atoms with Crippen molar-refractivity contribution in [3.63, 3.8) is 0 Å². The van der Waals surface area contributed by atoms with Gasteiger partial charge in [-0.05, 0) is 56.6 Å². The van der Waals surface area contributed by atoms with Gasteiger partial charge in [0.2, 0.25) is 0 Å². The number of hydrogen-bond acceptors (Lipinski definition) is 3. The maximum absolute atomic E-state index is 14.1. The van der Waals surface area contributed by atoms with E-state index < -0.39 is 17.5 Å². The Bertz CT molecular complexity index is 722. The van der Waals surface area contributed by atoms with E-state index in [1.807, 2.05) is 18.2 Å². The van der Waals surface area contributed by atoms with Crippen molar-refractivity contribution in [2.45, 2.75) is 31.8 Å². The van der Waals surface area contributed by atoms with Gasteiger partial charge in [-0.1, -0.05) is 6.07 Å². The first-order valence-electron chi connectivity index (χ1n) is 8.52. The van der Waals surface area contributed by atoms with Crippen LogP contribution in [-0.4, -0.2) is 34.9 Å². The summed E-state index contributed by atoms with van der Waals surface area (Å²) in [5, 5.41) is 3.32. The molecule has 1 N–H and O–H groups in total. The molecule has 1 fully saturated rings. The molecule has 4 nitrogen and oxygen atoms in total. The molecule has 1 saturated heterocycles. The van der Waals surface area contributed by atoms with Crippen LogP contribution in [0.4, 0.5) is 8.78 Å². The fourth-order valence-electron chi connectivity index (χ4n) is 3.16. The lowest BCUT2D eigenvalue weighted by Gasteiger charge is -2.31. The molecule has 0 radical (unpaired) electrons. The Hall–Kier alpha value is -2.05. The van der Waals surface area contributed by atoms with Crippen LogP contribution in [0.2, 0.25) is 0 Å². The van der Waals surface area contributed by atoms with Gasteiger partial charge < -0.3 is 10.2 Å². The van der Waals surface area contributed by atoms with Crippen molar-refractivity contribution in [3.05, 3.63) is 65.5 Å². The highest BCUT2D eigenvalue weighted by molar-refractivity contribution is 5.94. The van der Waals surface area contributed by atoms with E-state index >= 15 is 0 Å². The fourth-order valence-corrected chi connectivity index (χ4v) is 3.16. The van der Waals surface area contributed by atoms with Gasteiger partial charge >= 0.3 is 0 Å². The quantitative estimate of drug-likeness (QED) is 0.880. The third-order valence-corrected chi connectivity index (χ3v) is 4.47. The van der Waals surface area contributed by atoms with Gasteiger partial charge in [-0.15, -0.1) is 12.4 Å². The molecule has 0 saturated carbocycles. The number of rotatable bonds is 4. The third-order valence-electron chi connectivity index (χ3n) is 4.47. The lowest BCUT2D eigenvalue weighted by Crippen LogP contribution is -2.41. The third kappa shape index (κ3) is 4.99. The standard InChI is InChI=1S/C19H21F2N3O.ClH/c20-14-6-7-17(18(21)12-14)19(25)24(13-15-4-1-2-10-23-15)16-5-3-9-22-11-8-16;/h1-2,4,6-7,10,12,16,22H,3,5,8-9,11,13H2;1H. The Labute approximate surface area is 158 Å². The van der Waals surface area contributed by atoms with E-state index in [4.69, 9.17) is 0 Å². The molecule has 3 rings (SSSR count). The Morgan fingerprint density at radius 2 is 2.04 bits per heavy atom. The average molecular weight is 382 g/mol. The highest BCUT2D eigenvalue weighted by atomic mass is 35.5. The topological polar surface area (TPSA) is 45.2 Å². The summed E-state index contributed by atoms with van der Waals surface area (Å²) < 4.78 is 27.3. The van der Waals surface area contributed by atoms with E-state index in [9.17, 15) is 13.6 Å². The molecule has 0 spiro atoms. The summed E-state index contributed by atoms with van der Waals surface area (Å²) in [7, 11) is 0. The first-order chi connectivity index (χ1) is 12.1. The number of hydrogen-bond donors (Lipinski definition) is 1. The van der Waals surface area contributed by atoms with Gasteiger partial charge in [-0.2, -0.15) is 0 Å². The largest absolute Gasteiger partial charge is 0.330 e. The van der Waals surface area contributed by atoms with Crippen LogP contribution < -0.4 is 5.32 Å². The molecule has 1 aliphatic heterocycles. The van der Waals surface area contributed by atoms with Crippen molar-refractivity contribution in [3.8, 4) is 0 Å². The summed E-state index contributed by atoms with van der Waals surface area (Å²) >= 11 is 0. The van der Waals surface area contributed by atoms with Crippen LogP contribution >= 0.6 is 12.4 Å². The molecule has 26 heavy (non-hydrogen) atoms. The number of pyridine rings is 1. The molecule has 0 bridgehead atoms. The van der Waals surface area contributed by atoms with E-state index in [2.05, 4.69) is 10.3 Å². The second-order valence-electron chi connectivity index (χ2n) is 6.21. The molecular formula is C19H22ClF2N3O. The molecule has 1 aliphatic rings. The summed E-state index contributed by atoms with van der Waals surface area (Å²) in [5.41, 5.74) is 0.644. The monoisotopic (exact) mass is 381 g/mol. The van der Waals surface area contributed by atoms with Crippen LogP contribution in [0.15, 0.2) is 42.6 Å². The number of carbonyl (C=O) groups excluding carboxylic acids is 1. The maximum Gasteiger partial charge on any atom is 0.257 e. The molecule has 7 heteroatoms. The summed E-state index contributed by atoms with van der Waals surface area (Å²) in [6.07, 6.45) is 4.25. The minimum absolute atomic E-state index is 0. The highest BCUT2D eigenvalue weighted by Gasteiger charge is 2.27. The number of nitrogens with one attached hydrogen (secondary N) is 1. The number of nitrogens with zero attached hydrogens (tertiary/aromatic N) is 2. The Morgan fingerprint density at radius 1 is 1.19 bits per heavy atom. The normalized spacial score (nSPS) is 17.1. The summed E-state index contributed by atoms with van der Waals surface area (Å²) in [6.45, 7) is 2.02. The number of aromatic nitrogens is 1. The Balaban J connectivity index is 0.00000243. The summed E-state index contributed by atoms with van der Waals surface area (Å²) in [5.74, 6) is -1.94. The van der Waals surface area contributed by atoms with Crippen LogP contribution in [0.5, 0.6) is 0 Å². The van der Waals surface area contributed by atoms with Crippen LogP contribution in [0.25, 0.3) is 0 Å². The molecule has 1 aromatic carbocycles. The number of amides is 1. The lowest BCUT2D eigenvalue weighted by atomic mass is 10.0. The van der Waals surface area contributed by atoms with Gasteiger partial charge in [0.25, 0.3) is 5.91 Å². The van der Waals surface area contributed by atoms with Crippen molar-refractivity contribution in [2.75, 3.05) is 13.1 Å². The van der Waals surface area contributed by atoms with Crippen LogP contribution in [0.1, 0.15) is 35.3 Å². The molecular weight excluding hydrogens is 360 g/mol. The minimum atomic E-state index is -0.831. The Morgan fingerprint density at radius 3 is 2.77 bits per heavy atom. The van der Waals surface area contributed by atoms with Crippen molar-refractivity contribution < 1.29 is 13.6 Å². The van der Waals surface area contributed by atoms with E-state index in [1.54, 1.807) is 11.1 Å². The number of benzene rings is 1. The van der Waals surface area contributed by atoms with E-state index in [-0.39, 0.29) is 24.0 Å². The van der Waals surface area contributed by atoms with E-state index in [0.717, 1.165) is 50.2 Å². The van der Waals surface area contributed by atoms with E-state index in [1.165, 1.54) is 6.07 Å². The van der Waals surface area contributed by atoms with Crippen LogP contribution in [-0.2, 0) is 6.54 Å². The number of carbonyl (C=O) groups is 1. The smallest absolute Gasteiger partial charge is 0.257 e. The molecule has 0 aliphatic carbocycles. The zero-order valence-corrected chi connectivity index (χ0v) is 15.1. The highest BCUT2D eigenvalue weighted by Crippen LogP contribution is 2.21. The summed E-state index contributed by atoms with van der Waals surface area (Å²) in [4.78, 5) is 19.0. The van der Waals surface area contributed by atoms with Crippen LogP contribution in [0, 0.1) is 11.6 Å². The van der Waals surface area contributed by atoms with Crippen molar-refractivity contribution in [2.24, 2.45) is 0 Å². The zero-order valence-electron chi connectivity index (χ0n) is 14.3. The minimum Gasteiger partial charge on any atom is -0.330 e. The van der Waals surface area contributed by atoms with Gasteiger partial charge in [0.15, 0.2) is 0 Å². The molecule has 1 amide bonds. The van der Waals surface area contributed by atoms with Crippen molar-refractivity contribution in [1.29, 1.82) is 0 Å². The summed E-state index contributed by atoms with van der Waals surface area (Å²) in [6, 6.07) is 8.59. The SMILES string of the molecule is Cl.O=C(c1ccc(F)cc1F)N(Cc1ccccn1)C1CCCNCC1. The molecule has 1 aromatic heterocycles. The fraction of sp³-hybridized carbons (Fsp3) is 0.368. The predicted octanol–water partition coefficient (Wildman–Crippen LogP) is 3.57. The zero-order chi connectivity index (χ0) is 17.6. The van der Waals surface area contributed by atoms with E-state index in [0.29, 0.717) is 6.54 Å². The molecule has 140 valence electrons. The van der Waals surface area contributed by atoms with Gasteiger partial charge in [-0.25, -0.2) is 8.78 Å². The second kappa shape index (κ2) is 9.59. The maximum atomic E-state index is 14.1. The van der Waals surface area contributed by atoms with Crippen molar-refractivity contribution >= 4 is 18.3 Å². The second-order valence-corrected chi connectivity index (χ2v) is 6.21. The van der Waals surface area contributed by atoms with Gasteiger partial charge in [0.1, 0.15) is 11.6 Å². The molecule has 2 heterocycles. The first-order valence-corrected chi connectivity index (χ1v) is 8.52. The first kappa shape index (κ1) is 20.3. The molecule has 2 aromatic rings. The molecule has 1 atom stereocenters. The van der Waals surface area contributed by atoms with Crippen molar-refractivity contribution in [1.82, 2.24) is 15.2 Å². The van der Waals surface area contributed by atoms with Gasteiger partial charge in [0, 0.05) is 18.3 Å². The Kier molecular flexibility index (Phi) is 7.48. The lowest BCUT2D eigenvalue weighted by molar-refractivity contribution is 0.0637.